The van der Waals surface area contributed by atoms with Crippen LogP contribution in [0.1, 0.15) is 84.2 Å². The van der Waals surface area contributed by atoms with Gasteiger partial charge in [0.1, 0.15) is 5.00 Å². The fourth-order valence-corrected chi connectivity index (χ4v) is 6.54. The largest absolute Gasteiger partial charge is 0.462 e. The SMILES string of the molecule is CCCOC(=O)c1c(NC(=O)c2cc(-c3ccc(C(C)(C)C)cc3)nc3ccccc23)sc2c1CC[C@H](C)C2. The molecule has 1 atom stereocenters. The first-order valence-corrected chi connectivity index (χ1v) is 14.6. The molecule has 0 bridgehead atoms. The number of benzene rings is 2. The number of hydrogen-bond acceptors (Lipinski definition) is 5. The predicted octanol–water partition coefficient (Wildman–Crippen LogP) is 8.20. The molecule has 2 aromatic heterocycles. The number of carbonyl (C=O) groups excluding carboxylic acids is 2. The highest BCUT2D eigenvalue weighted by atomic mass is 32.1. The topological polar surface area (TPSA) is 68.3 Å². The van der Waals surface area contributed by atoms with E-state index in [0.717, 1.165) is 53.4 Å². The van der Waals surface area contributed by atoms with Crippen molar-refractivity contribution in [3.8, 4) is 11.3 Å². The van der Waals surface area contributed by atoms with Gasteiger partial charge in [-0.3, -0.25) is 4.79 Å². The summed E-state index contributed by atoms with van der Waals surface area (Å²) >= 11 is 1.51. The number of rotatable bonds is 6. The minimum Gasteiger partial charge on any atom is -0.462 e. The first-order chi connectivity index (χ1) is 18.7. The van der Waals surface area contributed by atoms with Gasteiger partial charge in [-0.15, -0.1) is 11.3 Å². The van der Waals surface area contributed by atoms with E-state index >= 15 is 0 Å². The van der Waals surface area contributed by atoms with Gasteiger partial charge in [0.15, 0.2) is 0 Å². The van der Waals surface area contributed by atoms with Crippen LogP contribution in [0.25, 0.3) is 22.2 Å². The first-order valence-electron chi connectivity index (χ1n) is 13.8. The second-order valence-electron chi connectivity index (χ2n) is 11.5. The lowest BCUT2D eigenvalue weighted by Crippen LogP contribution is -2.17. The van der Waals surface area contributed by atoms with Crippen molar-refractivity contribution >= 4 is 39.1 Å². The molecule has 0 saturated heterocycles. The van der Waals surface area contributed by atoms with E-state index in [9.17, 15) is 9.59 Å². The van der Waals surface area contributed by atoms with Gasteiger partial charge >= 0.3 is 5.97 Å². The Bertz CT molecular complexity index is 1530. The maximum absolute atomic E-state index is 13.9. The Kier molecular flexibility index (Phi) is 7.59. The Hall–Kier alpha value is -3.51. The smallest absolute Gasteiger partial charge is 0.341 e. The molecule has 0 saturated carbocycles. The summed E-state index contributed by atoms with van der Waals surface area (Å²) in [5.41, 5.74) is 5.82. The molecule has 4 aromatic rings. The van der Waals surface area contributed by atoms with Crippen LogP contribution in [0.4, 0.5) is 5.00 Å². The number of para-hydroxylation sites is 1. The zero-order valence-corrected chi connectivity index (χ0v) is 24.2. The zero-order chi connectivity index (χ0) is 27.7. The van der Waals surface area contributed by atoms with Crippen molar-refractivity contribution in [3.05, 3.63) is 81.7 Å². The third-order valence-electron chi connectivity index (χ3n) is 7.39. The van der Waals surface area contributed by atoms with E-state index in [4.69, 9.17) is 9.72 Å². The number of nitrogens with one attached hydrogen (secondary N) is 1. The van der Waals surface area contributed by atoms with Gasteiger partial charge in [-0.05, 0) is 60.3 Å². The van der Waals surface area contributed by atoms with Crippen molar-refractivity contribution in [1.29, 1.82) is 0 Å². The number of ether oxygens (including phenoxy) is 1. The number of amides is 1. The number of anilines is 1. The van der Waals surface area contributed by atoms with Crippen LogP contribution in [0.5, 0.6) is 0 Å². The van der Waals surface area contributed by atoms with E-state index in [2.05, 4.69) is 57.3 Å². The van der Waals surface area contributed by atoms with Gasteiger partial charge in [0.05, 0.1) is 28.9 Å². The maximum atomic E-state index is 13.9. The Morgan fingerprint density at radius 1 is 1.10 bits per heavy atom. The molecule has 6 heteroatoms. The van der Waals surface area contributed by atoms with Gasteiger partial charge in [-0.1, -0.05) is 77.1 Å². The van der Waals surface area contributed by atoms with E-state index in [0.29, 0.717) is 28.7 Å². The van der Waals surface area contributed by atoms with Crippen LogP contribution >= 0.6 is 11.3 Å². The van der Waals surface area contributed by atoms with Crippen LogP contribution < -0.4 is 5.32 Å². The molecule has 0 aliphatic heterocycles. The van der Waals surface area contributed by atoms with Gasteiger partial charge in [-0.2, -0.15) is 0 Å². The molecule has 5 nitrogen and oxygen atoms in total. The number of fused-ring (bicyclic) bond motifs is 2. The Morgan fingerprint density at radius 2 is 1.85 bits per heavy atom. The molecule has 39 heavy (non-hydrogen) atoms. The molecule has 2 heterocycles. The number of pyridine rings is 1. The summed E-state index contributed by atoms with van der Waals surface area (Å²) < 4.78 is 5.54. The minimum atomic E-state index is -0.349. The molecule has 1 N–H and O–H groups in total. The monoisotopic (exact) mass is 540 g/mol. The lowest BCUT2D eigenvalue weighted by atomic mass is 9.86. The molecule has 0 unspecified atom stereocenters. The molecule has 0 radical (unpaired) electrons. The predicted molar refractivity (Wildman–Crippen MR) is 160 cm³/mol. The van der Waals surface area contributed by atoms with Gasteiger partial charge in [0, 0.05) is 15.8 Å². The molecule has 1 aliphatic rings. The number of hydrogen-bond donors (Lipinski definition) is 1. The molecule has 0 spiro atoms. The molecule has 0 fully saturated rings. The third kappa shape index (κ3) is 5.62. The standard InChI is InChI=1S/C33H36N2O3S/c1-6-17-38-32(37)29-24-16-11-20(2)18-28(24)39-31(29)35-30(36)25-19-27(34-26-10-8-7-9-23(25)26)21-12-14-22(15-13-21)33(3,4)5/h7-10,12-15,19-20H,6,11,16-18H2,1-5H3,(H,35,36)/t20-/m0/s1. The summed E-state index contributed by atoms with van der Waals surface area (Å²) in [7, 11) is 0. The third-order valence-corrected chi connectivity index (χ3v) is 8.56. The van der Waals surface area contributed by atoms with E-state index in [1.807, 2.05) is 37.3 Å². The quantitative estimate of drug-likeness (QED) is 0.250. The molecule has 202 valence electrons. The summed E-state index contributed by atoms with van der Waals surface area (Å²) in [6.07, 6.45) is 3.51. The number of esters is 1. The van der Waals surface area contributed by atoms with Crippen molar-refractivity contribution < 1.29 is 14.3 Å². The molecular formula is C33H36N2O3S. The zero-order valence-electron chi connectivity index (χ0n) is 23.4. The molecule has 5 rings (SSSR count). The van der Waals surface area contributed by atoms with E-state index in [1.54, 1.807) is 0 Å². The number of carbonyl (C=O) groups is 2. The molecular weight excluding hydrogens is 504 g/mol. The molecule has 1 aliphatic carbocycles. The van der Waals surface area contributed by atoms with Gasteiger partial charge < -0.3 is 10.1 Å². The summed E-state index contributed by atoms with van der Waals surface area (Å²) in [6.45, 7) is 11.1. The van der Waals surface area contributed by atoms with E-state index in [-0.39, 0.29) is 17.3 Å². The average molecular weight is 541 g/mol. The Morgan fingerprint density at radius 3 is 2.56 bits per heavy atom. The number of thiophene rings is 1. The number of nitrogens with zero attached hydrogens (tertiary/aromatic N) is 1. The van der Waals surface area contributed by atoms with E-state index in [1.165, 1.54) is 21.8 Å². The van der Waals surface area contributed by atoms with Gasteiger partial charge in [0.25, 0.3) is 5.91 Å². The summed E-state index contributed by atoms with van der Waals surface area (Å²) in [6, 6.07) is 17.9. The summed E-state index contributed by atoms with van der Waals surface area (Å²) in [5.74, 6) is -0.0497. The Labute approximate surface area is 234 Å². The van der Waals surface area contributed by atoms with Crippen molar-refractivity contribution in [2.45, 2.75) is 65.7 Å². The van der Waals surface area contributed by atoms with Crippen LogP contribution in [0.2, 0.25) is 0 Å². The lowest BCUT2D eigenvalue weighted by Gasteiger charge is -2.19. The highest BCUT2D eigenvalue weighted by Gasteiger charge is 2.30. The normalized spacial score (nSPS) is 15.2. The highest BCUT2D eigenvalue weighted by molar-refractivity contribution is 7.17. The van der Waals surface area contributed by atoms with E-state index < -0.39 is 0 Å². The van der Waals surface area contributed by atoms with Gasteiger partial charge in [-0.25, -0.2) is 9.78 Å². The minimum absolute atomic E-state index is 0.0496. The van der Waals surface area contributed by atoms with Crippen molar-refractivity contribution in [3.63, 3.8) is 0 Å². The second-order valence-corrected chi connectivity index (χ2v) is 12.7. The van der Waals surface area contributed by atoms with Crippen molar-refractivity contribution in [1.82, 2.24) is 4.98 Å². The first kappa shape index (κ1) is 27.1. The van der Waals surface area contributed by atoms with Crippen molar-refractivity contribution in [2.75, 3.05) is 11.9 Å². The summed E-state index contributed by atoms with van der Waals surface area (Å²) in [4.78, 5) is 33.1. The van der Waals surface area contributed by atoms with Gasteiger partial charge in [0.2, 0.25) is 0 Å². The van der Waals surface area contributed by atoms with Crippen LogP contribution in [-0.4, -0.2) is 23.5 Å². The fourth-order valence-electron chi connectivity index (χ4n) is 5.14. The molecule has 1 amide bonds. The van der Waals surface area contributed by atoms with Crippen LogP contribution in [-0.2, 0) is 23.0 Å². The summed E-state index contributed by atoms with van der Waals surface area (Å²) in [5, 5.41) is 4.46. The van der Waals surface area contributed by atoms with Crippen LogP contribution in [0, 0.1) is 5.92 Å². The Balaban J connectivity index is 1.54. The number of aromatic nitrogens is 1. The highest BCUT2D eigenvalue weighted by Crippen LogP contribution is 2.40. The lowest BCUT2D eigenvalue weighted by molar-refractivity contribution is 0.0505. The van der Waals surface area contributed by atoms with Crippen LogP contribution in [0.3, 0.4) is 0 Å². The molecule has 2 aromatic carbocycles. The van der Waals surface area contributed by atoms with Crippen molar-refractivity contribution in [2.24, 2.45) is 5.92 Å². The maximum Gasteiger partial charge on any atom is 0.341 e. The average Bonchev–Trinajstić information content (AvgIpc) is 3.27. The van der Waals surface area contributed by atoms with Crippen LogP contribution in [0.15, 0.2) is 54.6 Å². The second kappa shape index (κ2) is 10.9. The fraction of sp³-hybridized carbons (Fsp3) is 0.364.